The van der Waals surface area contributed by atoms with E-state index in [0.717, 1.165) is 0 Å². The van der Waals surface area contributed by atoms with E-state index >= 15 is 0 Å². The van der Waals surface area contributed by atoms with Crippen LogP contribution < -0.4 is 37.6 Å². The Bertz CT molecular complexity index is 1020. The lowest BCUT2D eigenvalue weighted by Gasteiger charge is -2.25. The summed E-state index contributed by atoms with van der Waals surface area (Å²) in [4.78, 5) is 28.1. The molecule has 0 bridgehead atoms. The van der Waals surface area contributed by atoms with Gasteiger partial charge in [-0.3, -0.25) is 14.6 Å². The zero-order valence-electron chi connectivity index (χ0n) is 15.3. The van der Waals surface area contributed by atoms with Crippen molar-refractivity contribution in [2.75, 3.05) is 6.54 Å². The van der Waals surface area contributed by atoms with E-state index in [1.165, 1.54) is 0 Å². The fourth-order valence-corrected chi connectivity index (χ4v) is 2.78. The molecule has 0 spiro atoms. The van der Waals surface area contributed by atoms with Gasteiger partial charge in [0.2, 0.25) is 7.98 Å². The number of carbonyl (C=O) groups is 2. The van der Waals surface area contributed by atoms with Gasteiger partial charge in [-0.05, 0) is 22.2 Å². The van der Waals surface area contributed by atoms with Gasteiger partial charge in [-0.15, -0.1) is 5.46 Å². The van der Waals surface area contributed by atoms with Gasteiger partial charge in [0.05, 0.1) is 0 Å². The van der Waals surface area contributed by atoms with Crippen LogP contribution in [0.3, 0.4) is 0 Å². The summed E-state index contributed by atoms with van der Waals surface area (Å²) >= 11 is 6.10. The number of amides is 1. The summed E-state index contributed by atoms with van der Waals surface area (Å²) < 4.78 is 8.65. The molecule has 6 nitrogen and oxygen atoms in total. The minimum Gasteiger partial charge on any atom is -0.567 e. The maximum absolute atomic E-state index is 12.6. The predicted molar refractivity (Wildman–Crippen MR) is 122 cm³/mol. The Morgan fingerprint density at radius 1 is 0.900 bits per heavy atom. The standard InChI is InChI=1S/C14H2B9ClN2O4/c15-5-3(6(16)10(24)9(19)8(5)18)4-7(17)12(30-23)11(25-13(4)20)14(28)26(21)1-2(27)29-22/h1H2. The highest BCUT2D eigenvalue weighted by Gasteiger charge is 2.25. The van der Waals surface area contributed by atoms with Crippen molar-refractivity contribution in [3.05, 3.63) is 10.7 Å². The molecule has 0 aliphatic carbocycles. The summed E-state index contributed by atoms with van der Waals surface area (Å²) in [6, 6.07) is 0. The quantitative estimate of drug-likeness (QED) is 0.472. The van der Waals surface area contributed by atoms with Crippen LogP contribution in [0.5, 0.6) is 5.75 Å². The summed E-state index contributed by atoms with van der Waals surface area (Å²) in [5.41, 5.74) is -1.53. The highest BCUT2D eigenvalue weighted by Crippen LogP contribution is 2.20. The van der Waals surface area contributed by atoms with E-state index in [1.807, 2.05) is 0 Å². The van der Waals surface area contributed by atoms with Crippen LogP contribution in [0.4, 0.5) is 0 Å². The summed E-state index contributed by atoms with van der Waals surface area (Å²) in [5.74, 6) is -2.49. The van der Waals surface area contributed by atoms with Crippen molar-refractivity contribution in [2.45, 2.75) is 0 Å². The van der Waals surface area contributed by atoms with E-state index in [0.29, 0.717) is 4.81 Å². The van der Waals surface area contributed by atoms with Crippen LogP contribution in [0, 0.1) is 0 Å². The number of pyridine rings is 1. The molecule has 16 heteroatoms. The molecule has 1 amide bonds. The number of nitrogens with zero attached hydrogens (tertiary/aromatic N) is 2. The van der Waals surface area contributed by atoms with Gasteiger partial charge in [0.15, 0.2) is 5.69 Å². The highest BCUT2D eigenvalue weighted by atomic mass is 35.5. The molecule has 1 heterocycles. The van der Waals surface area contributed by atoms with Crippen LogP contribution in [-0.4, -0.2) is 99.4 Å². The Kier molecular flexibility index (Phi) is 7.61. The molecule has 0 unspecified atom stereocenters. The van der Waals surface area contributed by atoms with Crippen LogP contribution in [0.2, 0.25) is 5.02 Å². The second kappa shape index (κ2) is 9.42. The lowest BCUT2D eigenvalue weighted by atomic mass is 9.63. The van der Waals surface area contributed by atoms with Gasteiger partial charge in [0, 0.05) is 5.02 Å². The van der Waals surface area contributed by atoms with E-state index in [4.69, 9.17) is 87.4 Å². The zero-order valence-corrected chi connectivity index (χ0v) is 16.1. The molecule has 2 aromatic rings. The van der Waals surface area contributed by atoms with Crippen molar-refractivity contribution in [3.8, 4) is 16.9 Å². The molecule has 0 saturated heterocycles. The number of hydrogen-bond acceptors (Lipinski definition) is 5. The van der Waals surface area contributed by atoms with Crippen molar-refractivity contribution < 1.29 is 18.9 Å². The van der Waals surface area contributed by atoms with Crippen molar-refractivity contribution in [1.82, 2.24) is 9.79 Å². The summed E-state index contributed by atoms with van der Waals surface area (Å²) in [7, 11) is 51.2. The topological polar surface area (TPSA) is 68.7 Å². The number of rotatable bonds is 5. The first-order chi connectivity index (χ1) is 14.0. The lowest BCUT2D eigenvalue weighted by Crippen LogP contribution is -2.47. The van der Waals surface area contributed by atoms with Crippen molar-refractivity contribution in [1.29, 1.82) is 0 Å². The average Bonchev–Trinajstić information content (AvgIpc) is 2.71. The second-order valence-electron chi connectivity index (χ2n) is 5.85. The first-order valence-corrected chi connectivity index (χ1v) is 8.19. The average molecular weight is 395 g/mol. The van der Waals surface area contributed by atoms with E-state index in [2.05, 4.69) is 9.64 Å². The molecule has 0 aliphatic rings. The third-order valence-electron chi connectivity index (χ3n) is 4.07. The summed E-state index contributed by atoms with van der Waals surface area (Å²) in [6.45, 7) is -0.716. The predicted octanol–water partition coefficient (Wildman–Crippen LogP) is -6.22. The first-order valence-electron chi connectivity index (χ1n) is 7.81. The Morgan fingerprint density at radius 2 is 1.50 bits per heavy atom. The summed E-state index contributed by atoms with van der Waals surface area (Å²) in [6.07, 6.45) is 0. The number of hydrogen-bond donors (Lipinski definition) is 0. The van der Waals surface area contributed by atoms with E-state index in [9.17, 15) is 9.59 Å². The van der Waals surface area contributed by atoms with E-state index in [-0.39, 0.29) is 49.1 Å². The Balaban J connectivity index is 2.74. The molecular weight excluding hydrogens is 393 g/mol. The molecule has 0 saturated carbocycles. The SMILES string of the molecule is [B]OC(=O)CN([B])C(=O)c1nc([B])c(-c2c([B])c([B])c([B])c(Cl)c2[B])c([B])c1O[B]. The zero-order chi connectivity index (χ0) is 22.9. The first kappa shape index (κ1) is 24.3. The van der Waals surface area contributed by atoms with Gasteiger partial charge in [0.1, 0.15) is 59.4 Å². The van der Waals surface area contributed by atoms with Crippen molar-refractivity contribution in [3.63, 3.8) is 0 Å². The minimum absolute atomic E-state index is 0.00260. The monoisotopic (exact) mass is 396 g/mol. The van der Waals surface area contributed by atoms with Crippen LogP contribution in [0.15, 0.2) is 0 Å². The van der Waals surface area contributed by atoms with Crippen LogP contribution in [-0.2, 0) is 9.45 Å². The molecule has 2 rings (SSSR count). The number of halogens is 1. The van der Waals surface area contributed by atoms with Gasteiger partial charge in [-0.1, -0.05) is 28.0 Å². The number of carbonyl (C=O) groups excluding carboxylic acids is 2. The fourth-order valence-electron chi connectivity index (χ4n) is 2.58. The molecule has 18 radical (unpaired) electrons. The molecule has 0 atom stereocenters. The summed E-state index contributed by atoms with van der Waals surface area (Å²) in [5, 5.41) is -0.0979. The lowest BCUT2D eigenvalue weighted by molar-refractivity contribution is -0.133. The molecule has 0 aliphatic heterocycles. The fraction of sp³-hybridized carbons (Fsp3) is 0.0714. The smallest absolute Gasteiger partial charge is 0.378 e. The van der Waals surface area contributed by atoms with Crippen molar-refractivity contribution >= 4 is 128 Å². The molecule has 0 fully saturated rings. The largest absolute Gasteiger partial charge is 0.567 e. The molecular formula is C14H2B9ClN2O4. The maximum atomic E-state index is 12.6. The number of benzene rings is 1. The van der Waals surface area contributed by atoms with Crippen LogP contribution >= 0.6 is 11.6 Å². The molecule has 1 aromatic carbocycles. The van der Waals surface area contributed by atoms with Crippen LogP contribution in [0.1, 0.15) is 10.5 Å². The van der Waals surface area contributed by atoms with Crippen molar-refractivity contribution in [2.24, 2.45) is 0 Å². The Morgan fingerprint density at radius 3 is 2.03 bits per heavy atom. The van der Waals surface area contributed by atoms with Gasteiger partial charge in [-0.2, -0.15) is 0 Å². The van der Waals surface area contributed by atoms with Crippen LogP contribution in [0.25, 0.3) is 11.1 Å². The van der Waals surface area contributed by atoms with Gasteiger partial charge in [-0.25, -0.2) is 0 Å². The maximum Gasteiger partial charge on any atom is 0.378 e. The van der Waals surface area contributed by atoms with Gasteiger partial charge in [0.25, 0.3) is 5.91 Å². The highest BCUT2D eigenvalue weighted by molar-refractivity contribution is 6.66. The molecule has 1 aromatic heterocycles. The molecule has 30 heavy (non-hydrogen) atoms. The Labute approximate surface area is 190 Å². The number of aromatic nitrogens is 1. The molecule has 0 N–H and O–H groups in total. The van der Waals surface area contributed by atoms with E-state index < -0.39 is 29.9 Å². The minimum atomic E-state index is -1.04. The second-order valence-corrected chi connectivity index (χ2v) is 6.23. The van der Waals surface area contributed by atoms with Gasteiger partial charge >= 0.3 is 22.1 Å². The third kappa shape index (κ3) is 4.22. The normalized spacial score (nSPS) is 10.4. The molecule has 126 valence electrons. The Hall–Kier alpha value is -2.02. The van der Waals surface area contributed by atoms with Gasteiger partial charge < -0.3 is 14.1 Å². The third-order valence-corrected chi connectivity index (χ3v) is 4.48. The van der Waals surface area contributed by atoms with E-state index in [1.54, 1.807) is 0 Å².